The number of hydrogen-bond donors (Lipinski definition) is 0. The van der Waals surface area contributed by atoms with Gasteiger partial charge in [-0.05, 0) is 133 Å². The molecule has 0 saturated heterocycles. The van der Waals surface area contributed by atoms with Crippen molar-refractivity contribution in [1.29, 1.82) is 0 Å². The highest BCUT2D eigenvalue weighted by molar-refractivity contribution is 6.22. The van der Waals surface area contributed by atoms with E-state index in [4.69, 9.17) is 0 Å². The molecular formula is C59H36. The number of hydrogen-bond acceptors (Lipinski definition) is 0. The second-order valence-corrected chi connectivity index (χ2v) is 16.2. The van der Waals surface area contributed by atoms with Crippen LogP contribution in [0.15, 0.2) is 218 Å². The summed E-state index contributed by atoms with van der Waals surface area (Å²) in [6.45, 7) is 0. The lowest BCUT2D eigenvalue weighted by Gasteiger charge is -2.32. The van der Waals surface area contributed by atoms with Gasteiger partial charge in [-0.1, -0.05) is 206 Å². The first-order valence-electron chi connectivity index (χ1n) is 20.7. The van der Waals surface area contributed by atoms with E-state index < -0.39 is 5.41 Å². The molecule has 0 unspecified atom stereocenters. The third-order valence-electron chi connectivity index (χ3n) is 13.4. The predicted octanol–water partition coefficient (Wildman–Crippen LogP) is 15.6. The van der Waals surface area contributed by atoms with E-state index in [9.17, 15) is 0 Å². The van der Waals surface area contributed by atoms with Gasteiger partial charge in [-0.25, -0.2) is 0 Å². The van der Waals surface area contributed by atoms with Crippen molar-refractivity contribution in [3.63, 3.8) is 0 Å². The summed E-state index contributed by atoms with van der Waals surface area (Å²) in [4.78, 5) is 0. The van der Waals surface area contributed by atoms with Crippen LogP contribution < -0.4 is 0 Å². The molecule has 0 aliphatic heterocycles. The zero-order valence-electron chi connectivity index (χ0n) is 32.3. The summed E-state index contributed by atoms with van der Waals surface area (Å²) in [5, 5.41) is 10.2. The first kappa shape index (κ1) is 32.5. The Morgan fingerprint density at radius 3 is 1.36 bits per heavy atom. The molecule has 0 nitrogen and oxygen atoms in total. The normalized spacial score (nSPS) is 13.2. The van der Waals surface area contributed by atoms with Gasteiger partial charge in [0.25, 0.3) is 0 Å². The molecule has 11 aromatic rings. The van der Waals surface area contributed by atoms with E-state index in [1.54, 1.807) is 0 Å². The lowest BCUT2D eigenvalue weighted by atomic mass is 9.69. The van der Waals surface area contributed by atoms with Crippen molar-refractivity contribution < 1.29 is 0 Å². The summed E-state index contributed by atoms with van der Waals surface area (Å²) >= 11 is 0. The molecule has 0 fully saturated rings. The van der Waals surface area contributed by atoms with Crippen LogP contribution in [-0.4, -0.2) is 0 Å². The fourth-order valence-electron chi connectivity index (χ4n) is 11.2. The fourth-order valence-corrected chi connectivity index (χ4v) is 11.2. The molecule has 0 bridgehead atoms. The molecule has 0 atom stereocenters. The molecule has 2 aliphatic carbocycles. The quantitative estimate of drug-likeness (QED) is 0.158. The molecule has 0 aromatic heterocycles. The van der Waals surface area contributed by atoms with Crippen molar-refractivity contribution in [1.82, 2.24) is 0 Å². The minimum atomic E-state index is -0.477. The second kappa shape index (κ2) is 12.2. The van der Waals surface area contributed by atoms with Crippen molar-refractivity contribution in [2.45, 2.75) is 5.41 Å². The molecule has 13 rings (SSSR count). The number of fused-ring (bicyclic) bond motifs is 16. The molecular weight excluding hydrogens is 709 g/mol. The van der Waals surface area contributed by atoms with Crippen molar-refractivity contribution in [2.24, 2.45) is 0 Å². The molecule has 2 aliphatic rings. The van der Waals surface area contributed by atoms with E-state index in [0.717, 1.165) is 0 Å². The number of rotatable bonds is 3. The molecule has 272 valence electrons. The SMILES string of the molecule is c1ccc(-c2c3ccccc3c(-c3cccc(-c4cc5c(c6ccccc46)-c4ccc6ccccc6c4C54c5ccccc5-c5ccccc54)c3)c3ccccc23)cc1. The fraction of sp³-hybridized carbons (Fsp3) is 0.0169. The van der Waals surface area contributed by atoms with Gasteiger partial charge >= 0.3 is 0 Å². The minimum Gasteiger partial charge on any atom is -0.0622 e. The summed E-state index contributed by atoms with van der Waals surface area (Å²) in [5.74, 6) is 0. The van der Waals surface area contributed by atoms with Gasteiger partial charge in [0, 0.05) is 0 Å². The Hall–Kier alpha value is -7.54. The Morgan fingerprint density at radius 2 is 0.712 bits per heavy atom. The highest BCUT2D eigenvalue weighted by Gasteiger charge is 2.53. The lowest BCUT2D eigenvalue weighted by Crippen LogP contribution is -2.26. The maximum absolute atomic E-state index is 2.57. The third-order valence-corrected chi connectivity index (χ3v) is 13.4. The maximum atomic E-state index is 2.57. The highest BCUT2D eigenvalue weighted by Crippen LogP contribution is 2.65. The molecule has 0 amide bonds. The van der Waals surface area contributed by atoms with Gasteiger partial charge in [0.15, 0.2) is 0 Å². The van der Waals surface area contributed by atoms with Crippen LogP contribution in [0.25, 0.3) is 98.7 Å². The van der Waals surface area contributed by atoms with Gasteiger partial charge in [0.2, 0.25) is 0 Å². The van der Waals surface area contributed by atoms with Gasteiger partial charge in [0.1, 0.15) is 0 Å². The zero-order chi connectivity index (χ0) is 38.7. The van der Waals surface area contributed by atoms with Gasteiger partial charge in [-0.15, -0.1) is 0 Å². The van der Waals surface area contributed by atoms with Crippen LogP contribution in [-0.2, 0) is 5.41 Å². The van der Waals surface area contributed by atoms with E-state index in [1.165, 1.54) is 121 Å². The highest BCUT2D eigenvalue weighted by atomic mass is 14.5. The monoisotopic (exact) mass is 744 g/mol. The first-order valence-corrected chi connectivity index (χ1v) is 20.7. The maximum Gasteiger partial charge on any atom is 0.0731 e. The molecule has 0 heteroatoms. The van der Waals surface area contributed by atoms with Crippen LogP contribution in [0.1, 0.15) is 22.3 Å². The average Bonchev–Trinajstić information content (AvgIpc) is 3.78. The summed E-state index contributed by atoms with van der Waals surface area (Å²) in [6.07, 6.45) is 0. The van der Waals surface area contributed by atoms with Gasteiger partial charge in [0.05, 0.1) is 5.41 Å². The molecule has 0 radical (unpaired) electrons. The van der Waals surface area contributed by atoms with E-state index in [1.807, 2.05) is 0 Å². The van der Waals surface area contributed by atoms with Gasteiger partial charge < -0.3 is 0 Å². The minimum absolute atomic E-state index is 0.477. The smallest absolute Gasteiger partial charge is 0.0622 e. The Balaban J connectivity index is 1.13. The topological polar surface area (TPSA) is 0 Å². The van der Waals surface area contributed by atoms with Crippen LogP contribution in [0.3, 0.4) is 0 Å². The Kier molecular flexibility index (Phi) is 6.74. The summed E-state index contributed by atoms with van der Waals surface area (Å²) in [7, 11) is 0. The molecule has 1 spiro atoms. The third kappa shape index (κ3) is 4.33. The van der Waals surface area contributed by atoms with Crippen molar-refractivity contribution in [2.75, 3.05) is 0 Å². The first-order chi connectivity index (χ1) is 29.3. The van der Waals surface area contributed by atoms with Crippen molar-refractivity contribution in [3.05, 3.63) is 241 Å². The van der Waals surface area contributed by atoms with Gasteiger partial charge in [-0.2, -0.15) is 0 Å². The van der Waals surface area contributed by atoms with Crippen LogP contribution in [0.2, 0.25) is 0 Å². The van der Waals surface area contributed by atoms with Crippen LogP contribution >= 0.6 is 0 Å². The van der Waals surface area contributed by atoms with Crippen LogP contribution in [0.5, 0.6) is 0 Å². The van der Waals surface area contributed by atoms with Gasteiger partial charge in [-0.3, -0.25) is 0 Å². The van der Waals surface area contributed by atoms with E-state index >= 15 is 0 Å². The summed E-state index contributed by atoms with van der Waals surface area (Å²) in [6, 6.07) is 81.8. The lowest BCUT2D eigenvalue weighted by molar-refractivity contribution is 0.802. The van der Waals surface area contributed by atoms with E-state index in [0.29, 0.717) is 0 Å². The van der Waals surface area contributed by atoms with Crippen molar-refractivity contribution >= 4 is 43.1 Å². The Morgan fingerprint density at radius 1 is 0.237 bits per heavy atom. The van der Waals surface area contributed by atoms with Crippen LogP contribution in [0, 0.1) is 0 Å². The predicted molar refractivity (Wildman–Crippen MR) is 249 cm³/mol. The summed E-state index contributed by atoms with van der Waals surface area (Å²) in [5.41, 5.74) is 17.8. The van der Waals surface area contributed by atoms with E-state index in [2.05, 4.69) is 218 Å². The molecule has 0 heterocycles. The molecule has 0 N–H and O–H groups in total. The number of benzene rings is 11. The largest absolute Gasteiger partial charge is 0.0731 e. The van der Waals surface area contributed by atoms with Crippen LogP contribution in [0.4, 0.5) is 0 Å². The summed E-state index contributed by atoms with van der Waals surface area (Å²) < 4.78 is 0. The van der Waals surface area contributed by atoms with Crippen molar-refractivity contribution in [3.8, 4) is 55.6 Å². The Bertz CT molecular complexity index is 3450. The molecule has 59 heavy (non-hydrogen) atoms. The molecule has 0 saturated carbocycles. The molecule has 11 aromatic carbocycles. The second-order valence-electron chi connectivity index (χ2n) is 16.2. The Labute approximate surface area is 343 Å². The standard InChI is InChI=1S/C59H36/c1-2-18-38(19-3-1)55-46-27-8-10-29-48(46)56(49-30-11-9-28-47(49)55)40-21-16-20-39(35-40)51-36-54-57(45-26-7-6-23-42(45)51)50-34-33-37-17-4-5-22-41(37)58(50)59(54)52-31-14-12-24-43(52)44-25-13-15-32-53(44)59/h1-36H. The van der Waals surface area contributed by atoms with E-state index in [-0.39, 0.29) is 0 Å². The average molecular weight is 745 g/mol. The zero-order valence-corrected chi connectivity index (χ0v) is 32.3.